The molecule has 3 rings (SSSR count). The molecule has 0 aromatic heterocycles. The number of carbonyl (C=O) groups is 2. The fourth-order valence-electron chi connectivity index (χ4n) is 2.80. The van der Waals surface area contributed by atoms with Gasteiger partial charge in [0.25, 0.3) is 5.91 Å². The third-order valence-electron chi connectivity index (χ3n) is 4.36. The Kier molecular flexibility index (Phi) is 6.45. The SMILES string of the molecule is C[C@@H](NC(=O)c1ccc(Cl)cc1)C(=O)Nc1ccccc1Cc1ccccc1. The number of halogens is 1. The summed E-state index contributed by atoms with van der Waals surface area (Å²) in [7, 11) is 0. The lowest BCUT2D eigenvalue weighted by Gasteiger charge is -2.16. The summed E-state index contributed by atoms with van der Waals surface area (Å²) in [5.74, 6) is -0.597. The maximum atomic E-state index is 12.6. The standard InChI is InChI=1S/C23H21ClN2O2/c1-16(25-23(28)18-11-13-20(24)14-12-18)22(27)26-21-10-6-5-9-19(21)15-17-7-3-2-4-8-17/h2-14,16H,15H2,1H3,(H,25,28)(H,26,27)/t16-/m1/s1. The van der Waals surface area contributed by atoms with Crippen LogP contribution in [0, 0.1) is 0 Å². The van der Waals surface area contributed by atoms with Crippen molar-refractivity contribution in [1.29, 1.82) is 0 Å². The first kappa shape index (κ1) is 19.6. The van der Waals surface area contributed by atoms with Crippen molar-refractivity contribution in [2.45, 2.75) is 19.4 Å². The summed E-state index contributed by atoms with van der Waals surface area (Å²) in [6, 6.07) is 23.6. The van der Waals surface area contributed by atoms with Crippen molar-refractivity contribution in [2.75, 3.05) is 5.32 Å². The summed E-state index contributed by atoms with van der Waals surface area (Å²) >= 11 is 5.84. The second kappa shape index (κ2) is 9.20. The van der Waals surface area contributed by atoms with E-state index in [0.717, 1.165) is 16.8 Å². The number of hydrogen-bond acceptors (Lipinski definition) is 2. The van der Waals surface area contributed by atoms with Crippen LogP contribution in [0.1, 0.15) is 28.4 Å². The largest absolute Gasteiger partial charge is 0.341 e. The van der Waals surface area contributed by atoms with E-state index in [2.05, 4.69) is 10.6 Å². The van der Waals surface area contributed by atoms with Gasteiger partial charge in [-0.05, 0) is 54.8 Å². The van der Waals surface area contributed by atoms with Gasteiger partial charge in [-0.2, -0.15) is 0 Å². The molecule has 0 saturated carbocycles. The maximum Gasteiger partial charge on any atom is 0.251 e. The number of carbonyl (C=O) groups excluding carboxylic acids is 2. The number of hydrogen-bond donors (Lipinski definition) is 2. The molecule has 3 aromatic carbocycles. The molecule has 0 fully saturated rings. The van der Waals surface area contributed by atoms with E-state index in [1.54, 1.807) is 31.2 Å². The maximum absolute atomic E-state index is 12.6. The Balaban J connectivity index is 1.65. The van der Waals surface area contributed by atoms with Crippen LogP contribution in [0.5, 0.6) is 0 Å². The van der Waals surface area contributed by atoms with Crippen LogP contribution in [0.3, 0.4) is 0 Å². The third-order valence-corrected chi connectivity index (χ3v) is 4.61. The number of para-hydroxylation sites is 1. The fourth-order valence-corrected chi connectivity index (χ4v) is 2.93. The molecule has 0 saturated heterocycles. The Morgan fingerprint density at radius 1 is 0.893 bits per heavy atom. The Morgan fingerprint density at radius 2 is 1.54 bits per heavy atom. The quantitative estimate of drug-likeness (QED) is 0.639. The van der Waals surface area contributed by atoms with E-state index in [9.17, 15) is 9.59 Å². The van der Waals surface area contributed by atoms with E-state index in [0.29, 0.717) is 17.0 Å². The first-order chi connectivity index (χ1) is 13.5. The summed E-state index contributed by atoms with van der Waals surface area (Å²) in [5, 5.41) is 6.19. The number of rotatable bonds is 6. The van der Waals surface area contributed by atoms with Gasteiger partial charge in [0.05, 0.1) is 0 Å². The van der Waals surface area contributed by atoms with Crippen LogP contribution >= 0.6 is 11.6 Å². The van der Waals surface area contributed by atoms with E-state index in [-0.39, 0.29) is 11.8 Å². The number of benzene rings is 3. The number of amides is 2. The molecule has 0 radical (unpaired) electrons. The molecule has 2 N–H and O–H groups in total. The highest BCUT2D eigenvalue weighted by Crippen LogP contribution is 2.19. The second-order valence-corrected chi connectivity index (χ2v) is 6.95. The molecule has 4 nitrogen and oxygen atoms in total. The average Bonchev–Trinajstić information content (AvgIpc) is 2.70. The van der Waals surface area contributed by atoms with Crippen molar-refractivity contribution in [3.8, 4) is 0 Å². The van der Waals surface area contributed by atoms with Gasteiger partial charge in [0.1, 0.15) is 6.04 Å². The van der Waals surface area contributed by atoms with Gasteiger partial charge in [0, 0.05) is 16.3 Å². The molecule has 0 aliphatic rings. The van der Waals surface area contributed by atoms with Gasteiger partial charge in [-0.3, -0.25) is 9.59 Å². The Bertz CT molecular complexity index is 956. The van der Waals surface area contributed by atoms with Gasteiger partial charge in [0.15, 0.2) is 0 Å². The number of anilines is 1. The highest BCUT2D eigenvalue weighted by atomic mass is 35.5. The monoisotopic (exact) mass is 392 g/mol. The van der Waals surface area contributed by atoms with Gasteiger partial charge < -0.3 is 10.6 Å². The Hall–Kier alpha value is -3.11. The molecular formula is C23H21ClN2O2. The summed E-state index contributed by atoms with van der Waals surface area (Å²) in [6.45, 7) is 1.66. The molecule has 2 amide bonds. The van der Waals surface area contributed by atoms with Crippen molar-refractivity contribution in [3.05, 3.63) is 101 Å². The summed E-state index contributed by atoms with van der Waals surface area (Å²) in [6.07, 6.45) is 0.711. The van der Waals surface area contributed by atoms with E-state index in [4.69, 9.17) is 11.6 Å². The molecule has 0 aliphatic carbocycles. The predicted molar refractivity (Wildman–Crippen MR) is 113 cm³/mol. The molecule has 0 bridgehead atoms. The third kappa shape index (κ3) is 5.21. The minimum Gasteiger partial charge on any atom is -0.341 e. The molecule has 28 heavy (non-hydrogen) atoms. The Labute approximate surface area is 169 Å². The molecular weight excluding hydrogens is 372 g/mol. The zero-order valence-corrected chi connectivity index (χ0v) is 16.2. The van der Waals surface area contributed by atoms with Gasteiger partial charge in [-0.1, -0.05) is 60.1 Å². The van der Waals surface area contributed by atoms with Gasteiger partial charge in [-0.15, -0.1) is 0 Å². The second-order valence-electron chi connectivity index (χ2n) is 6.51. The van der Waals surface area contributed by atoms with Crippen molar-refractivity contribution in [3.63, 3.8) is 0 Å². The first-order valence-electron chi connectivity index (χ1n) is 9.02. The number of nitrogens with one attached hydrogen (secondary N) is 2. The van der Waals surface area contributed by atoms with E-state index in [1.165, 1.54) is 0 Å². The van der Waals surface area contributed by atoms with Gasteiger partial charge in [0.2, 0.25) is 5.91 Å². The summed E-state index contributed by atoms with van der Waals surface area (Å²) in [5.41, 5.74) is 3.36. The van der Waals surface area contributed by atoms with E-state index < -0.39 is 6.04 Å². The smallest absolute Gasteiger partial charge is 0.251 e. The molecule has 0 spiro atoms. The molecule has 1 atom stereocenters. The van der Waals surface area contributed by atoms with Gasteiger partial charge in [-0.25, -0.2) is 0 Å². The predicted octanol–water partition coefficient (Wildman–Crippen LogP) is 4.69. The van der Waals surface area contributed by atoms with Gasteiger partial charge >= 0.3 is 0 Å². The summed E-state index contributed by atoms with van der Waals surface area (Å²) < 4.78 is 0. The lowest BCUT2D eigenvalue weighted by atomic mass is 10.0. The Morgan fingerprint density at radius 3 is 2.25 bits per heavy atom. The van der Waals surface area contributed by atoms with Crippen molar-refractivity contribution < 1.29 is 9.59 Å². The zero-order chi connectivity index (χ0) is 19.9. The van der Waals surface area contributed by atoms with Crippen molar-refractivity contribution in [1.82, 2.24) is 5.32 Å². The fraction of sp³-hybridized carbons (Fsp3) is 0.130. The minimum absolute atomic E-state index is 0.275. The highest BCUT2D eigenvalue weighted by molar-refractivity contribution is 6.30. The lowest BCUT2D eigenvalue weighted by Crippen LogP contribution is -2.41. The van der Waals surface area contributed by atoms with Crippen LogP contribution in [0.25, 0.3) is 0 Å². The molecule has 0 heterocycles. The molecule has 0 unspecified atom stereocenters. The van der Waals surface area contributed by atoms with Crippen LogP contribution in [0.2, 0.25) is 5.02 Å². The topological polar surface area (TPSA) is 58.2 Å². The average molecular weight is 393 g/mol. The van der Waals surface area contributed by atoms with Crippen molar-refractivity contribution >= 4 is 29.1 Å². The molecule has 3 aromatic rings. The van der Waals surface area contributed by atoms with Crippen molar-refractivity contribution in [2.24, 2.45) is 0 Å². The van der Waals surface area contributed by atoms with Crippen LogP contribution < -0.4 is 10.6 Å². The first-order valence-corrected chi connectivity index (χ1v) is 9.40. The van der Waals surface area contributed by atoms with Crippen LogP contribution in [0.15, 0.2) is 78.9 Å². The molecule has 0 aliphatic heterocycles. The van der Waals surface area contributed by atoms with Crippen LogP contribution in [-0.2, 0) is 11.2 Å². The molecule has 5 heteroatoms. The van der Waals surface area contributed by atoms with E-state index in [1.807, 2.05) is 54.6 Å². The summed E-state index contributed by atoms with van der Waals surface area (Å²) in [4.78, 5) is 24.9. The molecule has 142 valence electrons. The normalized spacial score (nSPS) is 11.5. The lowest BCUT2D eigenvalue weighted by molar-refractivity contribution is -0.117. The van der Waals surface area contributed by atoms with Crippen LogP contribution in [-0.4, -0.2) is 17.9 Å². The van der Waals surface area contributed by atoms with Crippen LogP contribution in [0.4, 0.5) is 5.69 Å². The highest BCUT2D eigenvalue weighted by Gasteiger charge is 2.17. The minimum atomic E-state index is -0.687. The zero-order valence-electron chi connectivity index (χ0n) is 15.5. The van der Waals surface area contributed by atoms with E-state index >= 15 is 0 Å².